The highest BCUT2D eigenvalue weighted by Gasteiger charge is 2.38. The molecule has 0 radical (unpaired) electrons. The first-order valence-electron chi connectivity index (χ1n) is 6.03. The fourth-order valence-electron chi connectivity index (χ4n) is 2.86. The molecular weight excluding hydrogens is 216 g/mol. The number of aromatic nitrogens is 2. The normalized spacial score (nSPS) is 33.6. The van der Waals surface area contributed by atoms with Gasteiger partial charge in [-0.1, -0.05) is 6.92 Å². The minimum atomic E-state index is -0.231. The van der Waals surface area contributed by atoms with E-state index in [4.69, 9.17) is 5.73 Å². The van der Waals surface area contributed by atoms with Gasteiger partial charge in [-0.15, -0.1) is 0 Å². The fraction of sp³-hybridized carbons (Fsp3) is 0.667. The highest BCUT2D eigenvalue weighted by molar-refractivity contribution is 5.78. The number of piperidine rings is 1. The van der Waals surface area contributed by atoms with Gasteiger partial charge in [0, 0.05) is 30.9 Å². The summed E-state index contributed by atoms with van der Waals surface area (Å²) >= 11 is 0. The molecule has 0 saturated carbocycles. The molecule has 2 rings (SSSR count). The Morgan fingerprint density at radius 3 is 2.82 bits per heavy atom. The third-order valence-corrected chi connectivity index (χ3v) is 3.57. The van der Waals surface area contributed by atoms with Crippen LogP contribution in [0.4, 0.5) is 0 Å². The maximum atomic E-state index is 11.6. The van der Waals surface area contributed by atoms with Gasteiger partial charge in [-0.3, -0.25) is 9.48 Å². The second-order valence-electron chi connectivity index (χ2n) is 5.13. The van der Waals surface area contributed by atoms with Crippen molar-refractivity contribution in [2.24, 2.45) is 24.6 Å². The quantitative estimate of drug-likeness (QED) is 0.789. The van der Waals surface area contributed by atoms with Gasteiger partial charge in [0.05, 0.1) is 12.1 Å². The molecule has 1 aromatic heterocycles. The van der Waals surface area contributed by atoms with Crippen LogP contribution in [0.15, 0.2) is 12.4 Å². The Kier molecular flexibility index (Phi) is 3.19. The summed E-state index contributed by atoms with van der Waals surface area (Å²) in [4.78, 5) is 11.6. The van der Waals surface area contributed by atoms with Crippen molar-refractivity contribution in [3.63, 3.8) is 0 Å². The molecule has 1 aliphatic heterocycles. The van der Waals surface area contributed by atoms with Crippen molar-refractivity contribution in [3.8, 4) is 0 Å². The Balaban J connectivity index is 2.30. The number of hydrogen-bond acceptors (Lipinski definition) is 3. The zero-order valence-corrected chi connectivity index (χ0v) is 10.6. The Bertz CT molecular complexity index is 414. The zero-order valence-electron chi connectivity index (χ0n) is 10.6. The summed E-state index contributed by atoms with van der Waals surface area (Å²) in [5.74, 6) is -0.0879. The molecule has 0 aliphatic carbocycles. The summed E-state index contributed by atoms with van der Waals surface area (Å²) in [5, 5.41) is 7.61. The van der Waals surface area contributed by atoms with E-state index in [1.165, 1.54) is 0 Å². The lowest BCUT2D eigenvalue weighted by Crippen LogP contribution is -2.48. The largest absolute Gasteiger partial charge is 0.369 e. The molecule has 1 aromatic rings. The van der Waals surface area contributed by atoms with Crippen molar-refractivity contribution in [3.05, 3.63) is 18.0 Å². The van der Waals surface area contributed by atoms with Crippen molar-refractivity contribution in [2.45, 2.75) is 32.4 Å². The minimum Gasteiger partial charge on any atom is -0.369 e. The van der Waals surface area contributed by atoms with Gasteiger partial charge in [0.25, 0.3) is 0 Å². The highest BCUT2D eigenvalue weighted by atomic mass is 16.1. The molecule has 1 saturated heterocycles. The monoisotopic (exact) mass is 236 g/mol. The summed E-state index contributed by atoms with van der Waals surface area (Å²) in [6, 6.07) is 0.380. The predicted molar refractivity (Wildman–Crippen MR) is 65.0 cm³/mol. The van der Waals surface area contributed by atoms with Crippen molar-refractivity contribution in [1.29, 1.82) is 0 Å². The van der Waals surface area contributed by atoms with Crippen LogP contribution in [0.25, 0.3) is 0 Å². The molecular formula is C12H20N4O. The molecule has 2 heterocycles. The van der Waals surface area contributed by atoms with E-state index < -0.39 is 0 Å². The van der Waals surface area contributed by atoms with E-state index in [0.717, 1.165) is 12.0 Å². The van der Waals surface area contributed by atoms with Gasteiger partial charge in [0.2, 0.25) is 5.91 Å². The maximum absolute atomic E-state index is 11.6. The standard InChI is InChI=1S/C12H20N4O/c1-7-4-8(2)15-11(10(7)12(13)17)9-5-14-16(3)6-9/h5-8,10-11,15H,4H2,1-3H3,(H2,13,17). The van der Waals surface area contributed by atoms with Crippen LogP contribution >= 0.6 is 0 Å². The van der Waals surface area contributed by atoms with Crippen LogP contribution in [-0.4, -0.2) is 21.7 Å². The van der Waals surface area contributed by atoms with Crippen LogP contribution in [0.3, 0.4) is 0 Å². The van der Waals surface area contributed by atoms with Crippen molar-refractivity contribution in [2.75, 3.05) is 0 Å². The van der Waals surface area contributed by atoms with Gasteiger partial charge >= 0.3 is 0 Å². The minimum absolute atomic E-state index is 0.0139. The first kappa shape index (κ1) is 12.1. The number of carbonyl (C=O) groups is 1. The van der Waals surface area contributed by atoms with E-state index in [9.17, 15) is 4.79 Å². The Morgan fingerprint density at radius 2 is 2.29 bits per heavy atom. The van der Waals surface area contributed by atoms with Gasteiger partial charge < -0.3 is 11.1 Å². The van der Waals surface area contributed by atoms with Crippen LogP contribution in [0.1, 0.15) is 31.9 Å². The van der Waals surface area contributed by atoms with Gasteiger partial charge in [0.15, 0.2) is 0 Å². The van der Waals surface area contributed by atoms with Gasteiger partial charge in [0.1, 0.15) is 0 Å². The summed E-state index contributed by atoms with van der Waals surface area (Å²) in [5.41, 5.74) is 6.57. The summed E-state index contributed by atoms with van der Waals surface area (Å²) in [7, 11) is 1.87. The zero-order chi connectivity index (χ0) is 12.6. The SMILES string of the molecule is CC1CC(C)C(C(N)=O)C(c2cnn(C)c2)N1. The second kappa shape index (κ2) is 4.49. The lowest BCUT2D eigenvalue weighted by atomic mass is 9.77. The number of amides is 1. The first-order valence-corrected chi connectivity index (χ1v) is 6.03. The van der Waals surface area contributed by atoms with E-state index >= 15 is 0 Å². The first-order chi connectivity index (χ1) is 7.99. The van der Waals surface area contributed by atoms with E-state index in [0.29, 0.717) is 12.0 Å². The second-order valence-corrected chi connectivity index (χ2v) is 5.13. The average molecular weight is 236 g/mol. The predicted octanol–water partition coefficient (Wildman–Crippen LogP) is 0.581. The Labute approximate surface area is 101 Å². The summed E-state index contributed by atoms with van der Waals surface area (Å²) < 4.78 is 1.75. The number of nitrogens with two attached hydrogens (primary N) is 1. The smallest absolute Gasteiger partial charge is 0.222 e. The van der Waals surface area contributed by atoms with Crippen molar-refractivity contribution in [1.82, 2.24) is 15.1 Å². The topological polar surface area (TPSA) is 72.9 Å². The molecule has 0 bridgehead atoms. The number of hydrogen-bond donors (Lipinski definition) is 2. The van der Waals surface area contributed by atoms with Crippen LogP contribution in [-0.2, 0) is 11.8 Å². The van der Waals surface area contributed by atoms with Crippen LogP contribution in [0.5, 0.6) is 0 Å². The molecule has 1 fully saturated rings. The molecule has 1 amide bonds. The van der Waals surface area contributed by atoms with Crippen LogP contribution in [0.2, 0.25) is 0 Å². The third kappa shape index (κ3) is 2.34. The molecule has 4 unspecified atom stereocenters. The molecule has 0 aromatic carbocycles. The molecule has 17 heavy (non-hydrogen) atoms. The molecule has 5 nitrogen and oxygen atoms in total. The van der Waals surface area contributed by atoms with Crippen molar-refractivity contribution < 1.29 is 4.79 Å². The van der Waals surface area contributed by atoms with E-state index in [1.54, 1.807) is 10.9 Å². The summed E-state index contributed by atoms with van der Waals surface area (Å²) in [6.45, 7) is 4.23. The molecule has 3 N–H and O–H groups in total. The van der Waals surface area contributed by atoms with Gasteiger partial charge in [-0.2, -0.15) is 5.10 Å². The lowest BCUT2D eigenvalue weighted by molar-refractivity contribution is -0.125. The van der Waals surface area contributed by atoms with Gasteiger partial charge in [-0.25, -0.2) is 0 Å². The van der Waals surface area contributed by atoms with E-state index in [-0.39, 0.29) is 17.9 Å². The average Bonchev–Trinajstić information content (AvgIpc) is 2.62. The van der Waals surface area contributed by atoms with Gasteiger partial charge in [-0.05, 0) is 19.3 Å². The lowest BCUT2D eigenvalue weighted by Gasteiger charge is -2.38. The molecule has 4 atom stereocenters. The molecule has 0 spiro atoms. The number of primary amides is 1. The number of nitrogens with one attached hydrogen (secondary N) is 1. The number of aryl methyl sites for hydroxylation is 1. The molecule has 5 heteroatoms. The number of carbonyl (C=O) groups excluding carboxylic acids is 1. The van der Waals surface area contributed by atoms with Crippen LogP contribution < -0.4 is 11.1 Å². The van der Waals surface area contributed by atoms with Crippen molar-refractivity contribution >= 4 is 5.91 Å². The fourth-order valence-corrected chi connectivity index (χ4v) is 2.86. The van der Waals surface area contributed by atoms with E-state index in [2.05, 4.69) is 24.3 Å². The third-order valence-electron chi connectivity index (χ3n) is 3.57. The maximum Gasteiger partial charge on any atom is 0.222 e. The summed E-state index contributed by atoms with van der Waals surface area (Å²) in [6.07, 6.45) is 4.72. The molecule has 94 valence electrons. The van der Waals surface area contributed by atoms with Crippen LogP contribution in [0, 0.1) is 11.8 Å². The highest BCUT2D eigenvalue weighted by Crippen LogP contribution is 2.35. The molecule has 1 aliphatic rings. The van der Waals surface area contributed by atoms with E-state index in [1.807, 2.05) is 13.2 Å². The Morgan fingerprint density at radius 1 is 1.59 bits per heavy atom. The number of nitrogens with zero attached hydrogens (tertiary/aromatic N) is 2. The Hall–Kier alpha value is -1.36. The number of rotatable bonds is 2.